The molecule has 0 aromatic heterocycles. The molecular formula is C14H20BrNS. The van der Waals surface area contributed by atoms with Crippen molar-refractivity contribution in [2.75, 3.05) is 12.8 Å². The van der Waals surface area contributed by atoms with Crippen molar-refractivity contribution in [2.45, 2.75) is 36.6 Å². The maximum absolute atomic E-state index is 3.52. The Morgan fingerprint density at radius 3 is 3.06 bits per heavy atom. The molecule has 0 amide bonds. The van der Waals surface area contributed by atoms with Crippen molar-refractivity contribution in [1.82, 2.24) is 5.32 Å². The van der Waals surface area contributed by atoms with Crippen LogP contribution >= 0.6 is 27.7 Å². The Kier molecular flexibility index (Phi) is 5.39. The SMILES string of the molecule is CNC1CCCC1CCSc1cccc(Br)c1. The zero-order valence-corrected chi connectivity index (χ0v) is 12.7. The summed E-state index contributed by atoms with van der Waals surface area (Å²) in [6, 6.07) is 9.35. The molecule has 0 bridgehead atoms. The second-order valence-corrected chi connectivity index (χ2v) is 6.76. The lowest BCUT2D eigenvalue weighted by atomic mass is 10.0. The molecule has 1 aromatic rings. The molecule has 3 heteroatoms. The fourth-order valence-corrected chi connectivity index (χ4v) is 4.24. The van der Waals surface area contributed by atoms with Gasteiger partial charge >= 0.3 is 0 Å². The van der Waals surface area contributed by atoms with E-state index in [-0.39, 0.29) is 0 Å². The smallest absolute Gasteiger partial charge is 0.0186 e. The highest BCUT2D eigenvalue weighted by molar-refractivity contribution is 9.10. The van der Waals surface area contributed by atoms with Gasteiger partial charge in [-0.3, -0.25) is 0 Å². The Balaban J connectivity index is 1.76. The lowest BCUT2D eigenvalue weighted by molar-refractivity contribution is 0.417. The van der Waals surface area contributed by atoms with Crippen molar-refractivity contribution in [1.29, 1.82) is 0 Å². The van der Waals surface area contributed by atoms with Gasteiger partial charge in [0.15, 0.2) is 0 Å². The molecule has 1 aliphatic carbocycles. The molecular weight excluding hydrogens is 294 g/mol. The molecule has 2 rings (SSSR count). The number of benzene rings is 1. The van der Waals surface area contributed by atoms with E-state index in [9.17, 15) is 0 Å². The highest BCUT2D eigenvalue weighted by atomic mass is 79.9. The minimum Gasteiger partial charge on any atom is -0.317 e. The Bertz CT molecular complexity index is 356. The van der Waals surface area contributed by atoms with E-state index in [1.54, 1.807) is 0 Å². The van der Waals surface area contributed by atoms with Crippen molar-refractivity contribution in [2.24, 2.45) is 5.92 Å². The highest BCUT2D eigenvalue weighted by Crippen LogP contribution is 2.31. The molecule has 1 fully saturated rings. The Labute approximate surface area is 117 Å². The lowest BCUT2D eigenvalue weighted by Gasteiger charge is -2.18. The van der Waals surface area contributed by atoms with Gasteiger partial charge in [-0.15, -0.1) is 11.8 Å². The summed E-state index contributed by atoms with van der Waals surface area (Å²) in [5.74, 6) is 2.12. The van der Waals surface area contributed by atoms with Gasteiger partial charge in [-0.2, -0.15) is 0 Å². The van der Waals surface area contributed by atoms with Crippen LogP contribution in [0.5, 0.6) is 0 Å². The van der Waals surface area contributed by atoms with E-state index in [0.717, 1.165) is 12.0 Å². The largest absolute Gasteiger partial charge is 0.317 e. The van der Waals surface area contributed by atoms with Gasteiger partial charge in [0.1, 0.15) is 0 Å². The van der Waals surface area contributed by atoms with Crippen LogP contribution in [0.25, 0.3) is 0 Å². The molecule has 1 aliphatic rings. The topological polar surface area (TPSA) is 12.0 Å². The van der Waals surface area contributed by atoms with E-state index in [0.29, 0.717) is 0 Å². The summed E-state index contributed by atoms with van der Waals surface area (Å²) in [5.41, 5.74) is 0. The summed E-state index contributed by atoms with van der Waals surface area (Å²) < 4.78 is 1.18. The van der Waals surface area contributed by atoms with Gasteiger partial charge in [-0.1, -0.05) is 28.4 Å². The zero-order valence-electron chi connectivity index (χ0n) is 10.3. The molecule has 0 spiro atoms. The maximum Gasteiger partial charge on any atom is 0.0186 e. The quantitative estimate of drug-likeness (QED) is 0.812. The average molecular weight is 314 g/mol. The minimum atomic E-state index is 0.762. The van der Waals surface area contributed by atoms with Crippen molar-refractivity contribution in [3.63, 3.8) is 0 Å². The highest BCUT2D eigenvalue weighted by Gasteiger charge is 2.24. The van der Waals surface area contributed by atoms with Crippen LogP contribution in [-0.4, -0.2) is 18.8 Å². The molecule has 1 N–H and O–H groups in total. The van der Waals surface area contributed by atoms with Gasteiger partial charge < -0.3 is 5.32 Å². The number of thioether (sulfide) groups is 1. The van der Waals surface area contributed by atoms with Crippen molar-refractivity contribution < 1.29 is 0 Å². The molecule has 1 aromatic carbocycles. The predicted octanol–water partition coefficient (Wildman–Crippen LogP) is 4.32. The number of rotatable bonds is 5. The molecule has 1 nitrogen and oxygen atoms in total. The Morgan fingerprint density at radius 2 is 2.29 bits per heavy atom. The number of hydrogen-bond donors (Lipinski definition) is 1. The van der Waals surface area contributed by atoms with Gasteiger partial charge in [-0.25, -0.2) is 0 Å². The first-order valence-corrected chi connectivity index (χ1v) is 8.13. The third-order valence-electron chi connectivity index (χ3n) is 3.58. The van der Waals surface area contributed by atoms with Crippen LogP contribution < -0.4 is 5.32 Å². The van der Waals surface area contributed by atoms with Crippen LogP contribution in [0.3, 0.4) is 0 Å². The van der Waals surface area contributed by atoms with E-state index in [4.69, 9.17) is 0 Å². The average Bonchev–Trinajstić information content (AvgIpc) is 2.77. The van der Waals surface area contributed by atoms with Gasteiger partial charge in [-0.05, 0) is 56.2 Å². The molecule has 2 unspecified atom stereocenters. The van der Waals surface area contributed by atoms with E-state index >= 15 is 0 Å². The summed E-state index contributed by atoms with van der Waals surface area (Å²) in [5, 5.41) is 3.46. The monoisotopic (exact) mass is 313 g/mol. The van der Waals surface area contributed by atoms with Crippen LogP contribution in [0.15, 0.2) is 33.6 Å². The number of nitrogens with one attached hydrogen (secondary N) is 1. The molecule has 2 atom stereocenters. The van der Waals surface area contributed by atoms with Crippen molar-refractivity contribution >= 4 is 27.7 Å². The van der Waals surface area contributed by atoms with Crippen LogP contribution in [0, 0.1) is 5.92 Å². The van der Waals surface area contributed by atoms with Gasteiger partial charge in [0.25, 0.3) is 0 Å². The fourth-order valence-electron chi connectivity index (χ4n) is 2.65. The molecule has 0 heterocycles. The maximum atomic E-state index is 3.52. The molecule has 0 saturated heterocycles. The summed E-state index contributed by atoms with van der Waals surface area (Å²) in [7, 11) is 2.10. The first kappa shape index (κ1) is 13.4. The van der Waals surface area contributed by atoms with Crippen LogP contribution in [0.1, 0.15) is 25.7 Å². The third kappa shape index (κ3) is 4.01. The molecule has 1 saturated carbocycles. The Morgan fingerprint density at radius 1 is 1.41 bits per heavy atom. The summed E-state index contributed by atoms with van der Waals surface area (Å²) in [6.07, 6.45) is 5.51. The molecule has 94 valence electrons. The second-order valence-electron chi connectivity index (χ2n) is 4.68. The standard InChI is InChI=1S/C14H20BrNS/c1-16-14-7-2-4-11(14)8-9-17-13-6-3-5-12(15)10-13/h3,5-6,10-11,14,16H,2,4,7-9H2,1H3. The number of halogens is 1. The van der Waals surface area contributed by atoms with E-state index in [1.165, 1.54) is 40.8 Å². The molecule has 0 aliphatic heterocycles. The van der Waals surface area contributed by atoms with Crippen LogP contribution in [-0.2, 0) is 0 Å². The second kappa shape index (κ2) is 6.81. The third-order valence-corrected chi connectivity index (χ3v) is 5.10. The number of hydrogen-bond acceptors (Lipinski definition) is 2. The molecule has 0 radical (unpaired) electrons. The van der Waals surface area contributed by atoms with E-state index in [1.807, 2.05) is 11.8 Å². The van der Waals surface area contributed by atoms with Crippen molar-refractivity contribution in [3.8, 4) is 0 Å². The van der Waals surface area contributed by atoms with Crippen LogP contribution in [0.4, 0.5) is 0 Å². The van der Waals surface area contributed by atoms with Gasteiger partial charge in [0.05, 0.1) is 0 Å². The van der Waals surface area contributed by atoms with Crippen molar-refractivity contribution in [3.05, 3.63) is 28.7 Å². The zero-order chi connectivity index (χ0) is 12.1. The molecule has 17 heavy (non-hydrogen) atoms. The lowest BCUT2D eigenvalue weighted by Crippen LogP contribution is -2.29. The van der Waals surface area contributed by atoms with Crippen LogP contribution in [0.2, 0.25) is 0 Å². The first-order chi connectivity index (χ1) is 8.29. The van der Waals surface area contributed by atoms with Gasteiger partial charge in [0.2, 0.25) is 0 Å². The normalized spacial score (nSPS) is 24.1. The van der Waals surface area contributed by atoms with E-state index < -0.39 is 0 Å². The summed E-state index contributed by atoms with van der Waals surface area (Å²) in [4.78, 5) is 1.37. The summed E-state index contributed by atoms with van der Waals surface area (Å²) in [6.45, 7) is 0. The van der Waals surface area contributed by atoms with Gasteiger partial charge in [0, 0.05) is 15.4 Å². The summed E-state index contributed by atoms with van der Waals surface area (Å²) >= 11 is 5.49. The predicted molar refractivity (Wildman–Crippen MR) is 79.7 cm³/mol. The minimum absolute atomic E-state index is 0.762. The fraction of sp³-hybridized carbons (Fsp3) is 0.571. The van der Waals surface area contributed by atoms with E-state index in [2.05, 4.69) is 52.6 Å². The first-order valence-electron chi connectivity index (χ1n) is 6.35. The Hall–Kier alpha value is 0.01000.